The summed E-state index contributed by atoms with van der Waals surface area (Å²) in [6.45, 7) is 5.23. The lowest BCUT2D eigenvalue weighted by atomic mass is 10.00. The van der Waals surface area contributed by atoms with Gasteiger partial charge in [-0.2, -0.15) is 0 Å². The second kappa shape index (κ2) is 5.22. The second-order valence-corrected chi connectivity index (χ2v) is 6.46. The lowest BCUT2D eigenvalue weighted by Gasteiger charge is -2.30. The highest BCUT2D eigenvalue weighted by molar-refractivity contribution is 5.83. The van der Waals surface area contributed by atoms with Gasteiger partial charge in [0.2, 0.25) is 0 Å². The Morgan fingerprint density at radius 3 is 2.45 bits per heavy atom. The fourth-order valence-electron chi connectivity index (χ4n) is 3.21. The summed E-state index contributed by atoms with van der Waals surface area (Å²) in [6.07, 6.45) is 0.256. The van der Waals surface area contributed by atoms with Gasteiger partial charge in [-0.25, -0.2) is 14.0 Å². The van der Waals surface area contributed by atoms with Crippen LogP contribution in [-0.2, 0) is 14.3 Å². The molecule has 2 rings (SSSR count). The number of alkyl halides is 1. The van der Waals surface area contributed by atoms with Gasteiger partial charge in [-0.1, -0.05) is 6.42 Å². The van der Waals surface area contributed by atoms with E-state index in [-0.39, 0.29) is 12.0 Å². The zero-order valence-electron chi connectivity index (χ0n) is 12.4. The molecule has 1 heterocycles. The van der Waals surface area contributed by atoms with E-state index in [1.807, 2.05) is 0 Å². The molecule has 2 fully saturated rings. The lowest BCUT2D eigenvalue weighted by molar-refractivity contribution is -0.148. The minimum atomic E-state index is -1.37. The van der Waals surface area contributed by atoms with E-state index < -0.39 is 29.9 Å². The van der Waals surface area contributed by atoms with Crippen LogP contribution in [-0.4, -0.2) is 47.9 Å². The second-order valence-electron chi connectivity index (χ2n) is 6.46. The van der Waals surface area contributed by atoms with Crippen LogP contribution in [0.2, 0.25) is 0 Å². The molecule has 20 heavy (non-hydrogen) atoms. The van der Waals surface area contributed by atoms with Gasteiger partial charge in [-0.3, -0.25) is 4.90 Å². The van der Waals surface area contributed by atoms with E-state index in [1.165, 1.54) is 12.0 Å². The number of hydrogen-bond donors (Lipinski definition) is 0. The molecule has 0 radical (unpaired) electrons. The first kappa shape index (κ1) is 15.1. The number of methoxy groups -OCH3 is 1. The van der Waals surface area contributed by atoms with Gasteiger partial charge in [0.15, 0.2) is 6.04 Å². The third-order valence-corrected chi connectivity index (χ3v) is 3.95. The molecule has 1 amide bonds. The molecule has 6 heteroatoms. The molecular formula is C14H22FNO4. The monoisotopic (exact) mass is 287 g/mol. The molecule has 5 nitrogen and oxygen atoms in total. The van der Waals surface area contributed by atoms with Crippen LogP contribution in [0.15, 0.2) is 0 Å². The van der Waals surface area contributed by atoms with Crippen molar-refractivity contribution in [2.45, 2.75) is 63.9 Å². The molecule has 0 aromatic rings. The van der Waals surface area contributed by atoms with Crippen LogP contribution in [0.25, 0.3) is 0 Å². The van der Waals surface area contributed by atoms with E-state index in [2.05, 4.69) is 4.74 Å². The maximum Gasteiger partial charge on any atom is 0.411 e. The number of rotatable bonds is 1. The Hall–Kier alpha value is -1.33. The zero-order chi connectivity index (χ0) is 15.1. The van der Waals surface area contributed by atoms with Crippen molar-refractivity contribution in [3.05, 3.63) is 0 Å². The van der Waals surface area contributed by atoms with Crippen molar-refractivity contribution in [1.29, 1.82) is 0 Å². The molecule has 0 spiro atoms. The van der Waals surface area contributed by atoms with Gasteiger partial charge in [0.25, 0.3) is 0 Å². The van der Waals surface area contributed by atoms with Gasteiger partial charge >= 0.3 is 12.1 Å². The van der Waals surface area contributed by atoms with E-state index in [1.54, 1.807) is 20.8 Å². The number of esters is 1. The van der Waals surface area contributed by atoms with E-state index >= 15 is 0 Å². The maximum atomic E-state index is 14.5. The average molecular weight is 287 g/mol. The molecule has 1 saturated heterocycles. The average Bonchev–Trinajstić information content (AvgIpc) is 2.88. The lowest BCUT2D eigenvalue weighted by Crippen LogP contribution is -2.49. The molecule has 0 aromatic carbocycles. The number of ether oxygens (including phenoxy) is 2. The largest absolute Gasteiger partial charge is 0.467 e. The van der Waals surface area contributed by atoms with Crippen LogP contribution >= 0.6 is 0 Å². The quantitative estimate of drug-likeness (QED) is 0.694. The summed E-state index contributed by atoms with van der Waals surface area (Å²) in [5.74, 6) is -0.996. The Bertz CT molecular complexity index is 406. The number of hydrogen-bond acceptors (Lipinski definition) is 4. The number of nitrogens with zero attached hydrogens (tertiary/aromatic N) is 1. The van der Waals surface area contributed by atoms with Crippen LogP contribution in [0.3, 0.4) is 0 Å². The van der Waals surface area contributed by atoms with Crippen molar-refractivity contribution in [3.63, 3.8) is 0 Å². The smallest absolute Gasteiger partial charge is 0.411 e. The number of carbonyl (C=O) groups is 2. The fourth-order valence-corrected chi connectivity index (χ4v) is 3.21. The van der Waals surface area contributed by atoms with Crippen LogP contribution in [0, 0.1) is 5.92 Å². The van der Waals surface area contributed by atoms with Crippen molar-refractivity contribution >= 4 is 12.1 Å². The number of likely N-dealkylation sites (tertiary alicyclic amines) is 1. The van der Waals surface area contributed by atoms with E-state index in [0.717, 1.165) is 6.42 Å². The Labute approximate surface area is 118 Å². The minimum absolute atomic E-state index is 0.260. The fraction of sp³-hybridized carbons (Fsp3) is 0.857. The van der Waals surface area contributed by atoms with Crippen molar-refractivity contribution in [3.8, 4) is 0 Å². The summed E-state index contributed by atoms with van der Waals surface area (Å²) in [5.41, 5.74) is -0.680. The molecule has 0 aromatic heterocycles. The molecular weight excluding hydrogens is 265 g/mol. The summed E-state index contributed by atoms with van der Waals surface area (Å²) < 4.78 is 24.4. The van der Waals surface area contributed by atoms with Gasteiger partial charge in [-0.05, 0) is 33.6 Å². The zero-order valence-corrected chi connectivity index (χ0v) is 12.4. The predicted octanol–water partition coefficient (Wildman–Crippen LogP) is 2.29. The maximum absolute atomic E-state index is 14.5. The first-order chi connectivity index (χ1) is 9.26. The molecule has 4 atom stereocenters. The molecule has 0 N–H and O–H groups in total. The number of carbonyl (C=O) groups excluding carboxylic acids is 2. The molecule has 1 aliphatic heterocycles. The molecule has 114 valence electrons. The topological polar surface area (TPSA) is 55.8 Å². The van der Waals surface area contributed by atoms with Crippen LogP contribution in [0.5, 0.6) is 0 Å². The third-order valence-electron chi connectivity index (χ3n) is 3.95. The van der Waals surface area contributed by atoms with Gasteiger partial charge in [0.05, 0.1) is 7.11 Å². The van der Waals surface area contributed by atoms with E-state index in [4.69, 9.17) is 4.74 Å². The summed E-state index contributed by atoms with van der Waals surface area (Å²) in [7, 11) is 1.20. The SMILES string of the molecule is COC(=O)C1C(F)C2CCCC2N1C(=O)OC(C)(C)C. The van der Waals surface area contributed by atoms with Gasteiger partial charge in [0.1, 0.15) is 11.8 Å². The van der Waals surface area contributed by atoms with Gasteiger partial charge in [0, 0.05) is 12.0 Å². The Balaban J connectivity index is 2.25. The van der Waals surface area contributed by atoms with Crippen LogP contribution < -0.4 is 0 Å². The van der Waals surface area contributed by atoms with Crippen molar-refractivity contribution in [1.82, 2.24) is 4.90 Å². The van der Waals surface area contributed by atoms with E-state index in [9.17, 15) is 14.0 Å². The Morgan fingerprint density at radius 1 is 1.25 bits per heavy atom. The summed E-state index contributed by atoms with van der Waals surface area (Å²) in [5, 5.41) is 0. The van der Waals surface area contributed by atoms with E-state index in [0.29, 0.717) is 12.8 Å². The minimum Gasteiger partial charge on any atom is -0.467 e. The van der Waals surface area contributed by atoms with Crippen molar-refractivity contribution < 1.29 is 23.5 Å². The standard InChI is InChI=1S/C14H22FNO4/c1-14(2,3)20-13(18)16-9-7-5-6-8(9)10(15)11(16)12(17)19-4/h8-11H,5-7H2,1-4H3. The number of amides is 1. The Morgan fingerprint density at radius 2 is 1.90 bits per heavy atom. The normalized spacial score (nSPS) is 33.0. The highest BCUT2D eigenvalue weighted by Gasteiger charge is 2.57. The van der Waals surface area contributed by atoms with Crippen molar-refractivity contribution in [2.24, 2.45) is 5.92 Å². The Kier molecular flexibility index (Phi) is 3.93. The summed E-state index contributed by atoms with van der Waals surface area (Å²) in [4.78, 5) is 25.4. The number of fused-ring (bicyclic) bond motifs is 1. The van der Waals surface area contributed by atoms with Crippen LogP contribution in [0.1, 0.15) is 40.0 Å². The molecule has 1 aliphatic carbocycles. The highest BCUT2D eigenvalue weighted by Crippen LogP contribution is 2.43. The predicted molar refractivity (Wildman–Crippen MR) is 69.9 cm³/mol. The number of halogens is 1. The highest BCUT2D eigenvalue weighted by atomic mass is 19.1. The molecule has 1 saturated carbocycles. The van der Waals surface area contributed by atoms with Crippen LogP contribution in [0.4, 0.5) is 9.18 Å². The molecule has 2 aliphatic rings. The first-order valence-corrected chi connectivity index (χ1v) is 6.99. The van der Waals surface area contributed by atoms with Gasteiger partial charge < -0.3 is 9.47 Å². The van der Waals surface area contributed by atoms with Gasteiger partial charge in [-0.15, -0.1) is 0 Å². The first-order valence-electron chi connectivity index (χ1n) is 6.99. The molecule has 0 bridgehead atoms. The molecule has 4 unspecified atom stereocenters. The van der Waals surface area contributed by atoms with Crippen molar-refractivity contribution in [2.75, 3.05) is 7.11 Å². The summed E-state index contributed by atoms with van der Waals surface area (Å²) in [6, 6.07) is -1.44. The third kappa shape index (κ3) is 2.60. The summed E-state index contributed by atoms with van der Waals surface area (Å²) >= 11 is 0.